The Morgan fingerprint density at radius 1 is 1.17 bits per heavy atom. The van der Waals surface area contributed by atoms with Gasteiger partial charge in [0.2, 0.25) is 0 Å². The summed E-state index contributed by atoms with van der Waals surface area (Å²) < 4.78 is 7.39. The maximum atomic E-state index is 9.23. The van der Waals surface area contributed by atoms with Gasteiger partial charge >= 0.3 is 0 Å². The lowest BCUT2D eigenvalue weighted by Gasteiger charge is -2.11. The Bertz CT molecular complexity index is 917. The molecule has 4 heteroatoms. The second-order valence-electron chi connectivity index (χ2n) is 6.23. The number of imidazole rings is 1. The molecule has 0 saturated heterocycles. The topological polar surface area (TPSA) is 50.8 Å². The van der Waals surface area contributed by atoms with Crippen molar-refractivity contribution < 1.29 is 4.74 Å². The molecule has 0 aliphatic heterocycles. The van der Waals surface area contributed by atoms with Crippen LogP contribution in [0.5, 0.6) is 5.75 Å². The highest BCUT2D eigenvalue weighted by atomic mass is 16.5. The van der Waals surface area contributed by atoms with E-state index in [4.69, 9.17) is 9.72 Å². The normalized spacial score (nSPS) is 12.1. The highest BCUT2D eigenvalue weighted by molar-refractivity contribution is 5.82. The molecule has 1 aromatic heterocycles. The van der Waals surface area contributed by atoms with Gasteiger partial charge in [0.25, 0.3) is 0 Å². The summed E-state index contributed by atoms with van der Waals surface area (Å²) in [6.45, 7) is 6.76. The van der Waals surface area contributed by atoms with Crippen molar-refractivity contribution in [1.82, 2.24) is 9.55 Å². The molecular formula is C20H21N3O. The average molecular weight is 319 g/mol. The number of rotatable bonds is 4. The summed E-state index contributed by atoms with van der Waals surface area (Å²) in [5.74, 6) is 1.62. The summed E-state index contributed by atoms with van der Waals surface area (Å²) in [6.07, 6.45) is 0. The smallest absolute Gasteiger partial charge is 0.141 e. The first kappa shape index (κ1) is 16.1. The van der Waals surface area contributed by atoms with Crippen LogP contribution < -0.4 is 4.74 Å². The molecule has 1 unspecified atom stereocenters. The van der Waals surface area contributed by atoms with E-state index >= 15 is 0 Å². The Morgan fingerprint density at radius 3 is 2.46 bits per heavy atom. The third-order valence-electron chi connectivity index (χ3n) is 4.39. The summed E-state index contributed by atoms with van der Waals surface area (Å²) in [6, 6.07) is 14.5. The fraction of sp³-hybridized carbons (Fsp3) is 0.300. The van der Waals surface area contributed by atoms with Crippen molar-refractivity contribution in [3.05, 3.63) is 47.5 Å². The molecule has 0 fully saturated rings. The zero-order valence-corrected chi connectivity index (χ0v) is 14.5. The molecule has 0 radical (unpaired) electrons. The van der Waals surface area contributed by atoms with E-state index in [1.807, 2.05) is 31.2 Å². The van der Waals surface area contributed by atoms with Gasteiger partial charge in [0.1, 0.15) is 11.6 Å². The van der Waals surface area contributed by atoms with Gasteiger partial charge < -0.3 is 9.30 Å². The number of methoxy groups -OCH3 is 1. The number of benzene rings is 2. The summed E-state index contributed by atoms with van der Waals surface area (Å²) in [7, 11) is 1.66. The summed E-state index contributed by atoms with van der Waals surface area (Å²) in [5, 5.41) is 9.23. The minimum absolute atomic E-state index is 0.0824. The second-order valence-corrected chi connectivity index (χ2v) is 6.23. The van der Waals surface area contributed by atoms with Crippen LogP contribution in [0.4, 0.5) is 0 Å². The van der Waals surface area contributed by atoms with E-state index < -0.39 is 0 Å². The van der Waals surface area contributed by atoms with Crippen LogP contribution in [0, 0.1) is 31.1 Å². The van der Waals surface area contributed by atoms with Gasteiger partial charge in [-0.25, -0.2) is 4.98 Å². The molecule has 0 aliphatic carbocycles. The summed E-state index contributed by atoms with van der Waals surface area (Å²) in [5.41, 5.74) is 5.52. The van der Waals surface area contributed by atoms with Crippen LogP contribution in [0.15, 0.2) is 36.4 Å². The number of fused-ring (bicyclic) bond motifs is 1. The SMILES string of the molecule is COc1ccc(-c2nc3cc(C)c(C)cc3n2CC(C)C#N)cc1. The molecule has 0 bridgehead atoms. The van der Waals surface area contributed by atoms with Crippen LogP contribution in [0.3, 0.4) is 0 Å². The first-order valence-electron chi connectivity index (χ1n) is 8.05. The molecule has 0 saturated carbocycles. The summed E-state index contributed by atoms with van der Waals surface area (Å²) in [4.78, 5) is 4.84. The van der Waals surface area contributed by atoms with Crippen LogP contribution in [0.1, 0.15) is 18.1 Å². The molecule has 3 rings (SSSR count). The van der Waals surface area contributed by atoms with Crippen molar-refractivity contribution >= 4 is 11.0 Å². The molecule has 122 valence electrons. The van der Waals surface area contributed by atoms with Crippen LogP contribution in [0.2, 0.25) is 0 Å². The first-order chi connectivity index (χ1) is 11.5. The Balaban J connectivity index is 2.21. The number of hydrogen-bond donors (Lipinski definition) is 0. The number of nitrogens with zero attached hydrogens (tertiary/aromatic N) is 3. The molecule has 3 aromatic rings. The Kier molecular flexibility index (Phi) is 4.26. The van der Waals surface area contributed by atoms with E-state index in [0.29, 0.717) is 6.54 Å². The monoisotopic (exact) mass is 319 g/mol. The third-order valence-corrected chi connectivity index (χ3v) is 4.39. The molecule has 24 heavy (non-hydrogen) atoms. The highest BCUT2D eigenvalue weighted by Gasteiger charge is 2.16. The first-order valence-corrected chi connectivity index (χ1v) is 8.05. The molecule has 0 spiro atoms. The van der Waals surface area contributed by atoms with E-state index in [1.165, 1.54) is 11.1 Å². The van der Waals surface area contributed by atoms with Crippen LogP contribution in [-0.4, -0.2) is 16.7 Å². The Hall–Kier alpha value is -2.80. The lowest BCUT2D eigenvalue weighted by molar-refractivity contribution is 0.415. The molecule has 1 heterocycles. The predicted octanol–water partition coefficient (Wildman–Crippen LogP) is 4.49. The molecule has 2 aromatic carbocycles. The van der Waals surface area contributed by atoms with Gasteiger partial charge in [0.15, 0.2) is 0 Å². The van der Waals surface area contributed by atoms with Crippen molar-refractivity contribution in [2.45, 2.75) is 27.3 Å². The van der Waals surface area contributed by atoms with E-state index in [2.05, 4.69) is 36.6 Å². The maximum Gasteiger partial charge on any atom is 0.141 e. The third kappa shape index (κ3) is 2.85. The van der Waals surface area contributed by atoms with Crippen molar-refractivity contribution in [2.24, 2.45) is 5.92 Å². The fourth-order valence-electron chi connectivity index (χ4n) is 2.84. The minimum atomic E-state index is -0.0824. The molecule has 0 N–H and O–H groups in total. The largest absolute Gasteiger partial charge is 0.497 e. The van der Waals surface area contributed by atoms with Gasteiger partial charge in [-0.15, -0.1) is 0 Å². The number of nitriles is 1. The number of ether oxygens (including phenoxy) is 1. The zero-order valence-electron chi connectivity index (χ0n) is 14.5. The molecule has 4 nitrogen and oxygen atoms in total. The van der Waals surface area contributed by atoms with Gasteiger partial charge in [0.05, 0.1) is 30.1 Å². The van der Waals surface area contributed by atoms with E-state index in [-0.39, 0.29) is 5.92 Å². The van der Waals surface area contributed by atoms with Gasteiger partial charge in [-0.1, -0.05) is 0 Å². The molecule has 1 atom stereocenters. The number of aryl methyl sites for hydroxylation is 2. The maximum absolute atomic E-state index is 9.23. The lowest BCUT2D eigenvalue weighted by atomic mass is 10.1. The number of aromatic nitrogens is 2. The average Bonchev–Trinajstić information content (AvgIpc) is 2.93. The molecule has 0 aliphatic rings. The standard InChI is InChI=1S/C20H21N3O/c1-13(11-21)12-23-19-10-15(3)14(2)9-18(19)22-20(23)16-5-7-17(24-4)8-6-16/h5-10,13H,12H2,1-4H3. The van der Waals surface area contributed by atoms with Crippen LogP contribution >= 0.6 is 0 Å². The van der Waals surface area contributed by atoms with Gasteiger partial charge in [-0.2, -0.15) is 5.26 Å². The highest BCUT2D eigenvalue weighted by Crippen LogP contribution is 2.29. The Morgan fingerprint density at radius 2 is 1.83 bits per heavy atom. The van der Waals surface area contributed by atoms with Crippen molar-refractivity contribution in [1.29, 1.82) is 5.26 Å². The quantitative estimate of drug-likeness (QED) is 0.712. The fourth-order valence-corrected chi connectivity index (χ4v) is 2.84. The van der Waals surface area contributed by atoms with E-state index in [9.17, 15) is 5.26 Å². The van der Waals surface area contributed by atoms with E-state index in [1.54, 1.807) is 7.11 Å². The zero-order chi connectivity index (χ0) is 17.3. The predicted molar refractivity (Wildman–Crippen MR) is 96.0 cm³/mol. The molecule has 0 amide bonds. The van der Waals surface area contributed by atoms with E-state index in [0.717, 1.165) is 28.2 Å². The summed E-state index contributed by atoms with van der Waals surface area (Å²) >= 11 is 0. The second kappa shape index (κ2) is 6.37. The lowest BCUT2D eigenvalue weighted by Crippen LogP contribution is -2.07. The van der Waals surface area contributed by atoms with Crippen molar-refractivity contribution in [3.8, 4) is 23.2 Å². The Labute approximate surface area is 142 Å². The van der Waals surface area contributed by atoms with Gasteiger partial charge in [-0.05, 0) is 68.3 Å². The van der Waals surface area contributed by atoms with Crippen molar-refractivity contribution in [3.63, 3.8) is 0 Å². The van der Waals surface area contributed by atoms with Crippen LogP contribution in [-0.2, 0) is 6.54 Å². The minimum Gasteiger partial charge on any atom is -0.497 e. The molecular weight excluding hydrogens is 298 g/mol. The van der Waals surface area contributed by atoms with Crippen LogP contribution in [0.25, 0.3) is 22.4 Å². The number of hydrogen-bond acceptors (Lipinski definition) is 3. The van der Waals surface area contributed by atoms with Crippen molar-refractivity contribution in [2.75, 3.05) is 7.11 Å². The van der Waals surface area contributed by atoms with Gasteiger partial charge in [-0.3, -0.25) is 0 Å². The van der Waals surface area contributed by atoms with Gasteiger partial charge in [0, 0.05) is 12.1 Å².